The third-order valence-corrected chi connectivity index (χ3v) is 4.53. The Kier molecular flexibility index (Phi) is 4.77. The Morgan fingerprint density at radius 1 is 1.26 bits per heavy atom. The molecule has 0 aromatic heterocycles. The standard InChI is InChI=1S/C17H17F5N2O3/c18-16(19)6-12(14(23)25)24(7-16)15(26)10-3-4-11(9-1-2-9)13(5-10)27-8-17(20,21)22/h3-5,9,12H,1-2,6-8H2,(H2,23,25)/t12-/m0/s1. The lowest BCUT2D eigenvalue weighted by molar-refractivity contribution is -0.153. The largest absolute Gasteiger partial charge is 0.484 e. The Hall–Kier alpha value is -2.39. The molecule has 1 aromatic rings. The molecule has 0 radical (unpaired) electrons. The van der Waals surface area contributed by atoms with Crippen molar-refractivity contribution in [3.05, 3.63) is 29.3 Å². The molecule has 3 rings (SSSR count). The van der Waals surface area contributed by atoms with E-state index in [1.165, 1.54) is 12.1 Å². The molecule has 2 amide bonds. The lowest BCUT2D eigenvalue weighted by Crippen LogP contribution is -2.43. The summed E-state index contributed by atoms with van der Waals surface area (Å²) in [5, 5.41) is 0. The van der Waals surface area contributed by atoms with Crippen molar-refractivity contribution < 1.29 is 36.3 Å². The van der Waals surface area contributed by atoms with Gasteiger partial charge in [0.25, 0.3) is 11.8 Å². The molecule has 2 fully saturated rings. The molecule has 2 N–H and O–H groups in total. The van der Waals surface area contributed by atoms with Gasteiger partial charge < -0.3 is 15.4 Å². The van der Waals surface area contributed by atoms with Crippen molar-refractivity contribution in [2.75, 3.05) is 13.2 Å². The molecule has 1 saturated carbocycles. The number of hydrogen-bond acceptors (Lipinski definition) is 3. The average molecular weight is 392 g/mol. The van der Waals surface area contributed by atoms with Gasteiger partial charge in [0.2, 0.25) is 5.91 Å². The van der Waals surface area contributed by atoms with Gasteiger partial charge in [0.15, 0.2) is 6.61 Å². The maximum atomic E-state index is 13.6. The van der Waals surface area contributed by atoms with Crippen molar-refractivity contribution in [1.29, 1.82) is 0 Å². The van der Waals surface area contributed by atoms with E-state index < -0.39 is 49.5 Å². The Balaban J connectivity index is 1.87. The average Bonchev–Trinajstić information content (AvgIpc) is 3.34. The van der Waals surface area contributed by atoms with Crippen LogP contribution in [0.25, 0.3) is 0 Å². The van der Waals surface area contributed by atoms with E-state index in [1.807, 2.05) is 0 Å². The lowest BCUT2D eigenvalue weighted by atomic mass is 10.1. The fraction of sp³-hybridized carbons (Fsp3) is 0.529. The minimum Gasteiger partial charge on any atom is -0.484 e. The quantitative estimate of drug-likeness (QED) is 0.784. The fourth-order valence-corrected chi connectivity index (χ4v) is 3.13. The number of alkyl halides is 5. The third kappa shape index (κ3) is 4.48. The highest BCUT2D eigenvalue weighted by Crippen LogP contribution is 2.45. The monoisotopic (exact) mass is 392 g/mol. The first kappa shape index (κ1) is 19.4. The topological polar surface area (TPSA) is 72.6 Å². The van der Waals surface area contributed by atoms with Gasteiger partial charge >= 0.3 is 6.18 Å². The van der Waals surface area contributed by atoms with Gasteiger partial charge in [-0.3, -0.25) is 9.59 Å². The highest BCUT2D eigenvalue weighted by atomic mass is 19.4. The second-order valence-corrected chi connectivity index (χ2v) is 6.84. The lowest BCUT2D eigenvalue weighted by Gasteiger charge is -2.22. The summed E-state index contributed by atoms with van der Waals surface area (Å²) in [5.74, 6) is -5.30. The van der Waals surface area contributed by atoms with Crippen LogP contribution in [0.5, 0.6) is 5.75 Å². The van der Waals surface area contributed by atoms with Crippen molar-refractivity contribution in [3.63, 3.8) is 0 Å². The molecular weight excluding hydrogens is 375 g/mol. The number of hydrogen-bond donors (Lipinski definition) is 1. The molecular formula is C17H17F5N2O3. The summed E-state index contributed by atoms with van der Waals surface area (Å²) in [5.41, 5.74) is 5.50. The number of nitrogens with two attached hydrogens (primary N) is 1. The maximum absolute atomic E-state index is 13.6. The molecule has 1 atom stereocenters. The number of ether oxygens (including phenoxy) is 1. The van der Waals surface area contributed by atoms with Crippen LogP contribution >= 0.6 is 0 Å². The summed E-state index contributed by atoms with van der Waals surface area (Å²) < 4.78 is 69.6. The van der Waals surface area contributed by atoms with Gasteiger partial charge in [0.1, 0.15) is 11.8 Å². The number of amides is 2. The van der Waals surface area contributed by atoms with Crippen LogP contribution in [0.4, 0.5) is 22.0 Å². The Morgan fingerprint density at radius 2 is 1.93 bits per heavy atom. The van der Waals surface area contributed by atoms with E-state index in [4.69, 9.17) is 10.5 Å². The van der Waals surface area contributed by atoms with Gasteiger partial charge in [-0.15, -0.1) is 0 Å². The summed E-state index contributed by atoms with van der Waals surface area (Å²) in [6.45, 7) is -2.52. The number of benzene rings is 1. The first-order chi connectivity index (χ1) is 12.5. The molecule has 1 aromatic carbocycles. The van der Waals surface area contributed by atoms with Crippen molar-refractivity contribution in [2.45, 2.75) is 43.3 Å². The molecule has 5 nitrogen and oxygen atoms in total. The van der Waals surface area contributed by atoms with Crippen LogP contribution in [0.1, 0.15) is 41.1 Å². The summed E-state index contributed by atoms with van der Waals surface area (Å²) >= 11 is 0. The number of nitrogens with zero attached hydrogens (tertiary/aromatic N) is 1. The molecule has 1 aliphatic heterocycles. The van der Waals surface area contributed by atoms with Gasteiger partial charge in [-0.25, -0.2) is 8.78 Å². The number of likely N-dealkylation sites (tertiary alicyclic amines) is 1. The summed E-state index contributed by atoms with van der Waals surface area (Å²) in [4.78, 5) is 24.7. The minimum absolute atomic E-state index is 0.0480. The molecule has 10 heteroatoms. The van der Waals surface area contributed by atoms with E-state index in [1.54, 1.807) is 0 Å². The number of rotatable bonds is 5. The van der Waals surface area contributed by atoms with Crippen molar-refractivity contribution in [1.82, 2.24) is 4.90 Å². The van der Waals surface area contributed by atoms with Gasteiger partial charge in [-0.05, 0) is 36.5 Å². The summed E-state index contributed by atoms with van der Waals surface area (Å²) in [7, 11) is 0. The Morgan fingerprint density at radius 3 is 2.48 bits per heavy atom. The first-order valence-corrected chi connectivity index (χ1v) is 8.28. The fourth-order valence-electron chi connectivity index (χ4n) is 3.13. The van der Waals surface area contributed by atoms with Crippen molar-refractivity contribution in [2.24, 2.45) is 5.73 Å². The first-order valence-electron chi connectivity index (χ1n) is 8.28. The third-order valence-electron chi connectivity index (χ3n) is 4.53. The summed E-state index contributed by atoms with van der Waals surface area (Å²) in [6, 6.07) is 2.43. The van der Waals surface area contributed by atoms with Gasteiger partial charge in [-0.1, -0.05) is 6.07 Å². The van der Waals surface area contributed by atoms with E-state index in [2.05, 4.69) is 0 Å². The molecule has 148 valence electrons. The number of primary amides is 1. The second-order valence-electron chi connectivity index (χ2n) is 6.84. The zero-order chi connectivity index (χ0) is 20.0. The Labute approximate surface area is 151 Å². The van der Waals surface area contributed by atoms with Crippen LogP contribution in [-0.4, -0.2) is 48.0 Å². The van der Waals surface area contributed by atoms with Crippen LogP contribution in [0.3, 0.4) is 0 Å². The SMILES string of the molecule is NC(=O)[C@@H]1CC(F)(F)CN1C(=O)c1ccc(C2CC2)c(OCC(F)(F)F)c1. The predicted octanol–water partition coefficient (Wildman–Crippen LogP) is 2.84. The van der Waals surface area contributed by atoms with E-state index in [0.717, 1.165) is 18.9 Å². The normalized spacial score (nSPS) is 22.0. The van der Waals surface area contributed by atoms with E-state index in [-0.39, 0.29) is 17.2 Å². The van der Waals surface area contributed by atoms with Crippen LogP contribution in [-0.2, 0) is 4.79 Å². The second kappa shape index (κ2) is 6.65. The zero-order valence-corrected chi connectivity index (χ0v) is 14.1. The van der Waals surface area contributed by atoms with E-state index in [9.17, 15) is 31.5 Å². The van der Waals surface area contributed by atoms with Gasteiger partial charge in [-0.2, -0.15) is 13.2 Å². The molecule has 27 heavy (non-hydrogen) atoms. The predicted molar refractivity (Wildman–Crippen MR) is 83.5 cm³/mol. The molecule has 2 aliphatic rings. The maximum Gasteiger partial charge on any atom is 0.422 e. The highest BCUT2D eigenvalue weighted by Gasteiger charge is 2.49. The van der Waals surface area contributed by atoms with Crippen LogP contribution in [0.15, 0.2) is 18.2 Å². The summed E-state index contributed by atoms with van der Waals surface area (Å²) in [6.07, 6.45) is -3.86. The highest BCUT2D eigenvalue weighted by molar-refractivity contribution is 5.98. The molecule has 0 bridgehead atoms. The van der Waals surface area contributed by atoms with Crippen LogP contribution < -0.4 is 10.5 Å². The van der Waals surface area contributed by atoms with Crippen molar-refractivity contribution >= 4 is 11.8 Å². The molecule has 0 unspecified atom stereocenters. The van der Waals surface area contributed by atoms with Gasteiger partial charge in [0.05, 0.1) is 6.54 Å². The minimum atomic E-state index is -4.56. The number of halogens is 5. The molecule has 0 spiro atoms. The smallest absolute Gasteiger partial charge is 0.422 e. The number of carbonyl (C=O) groups excluding carboxylic acids is 2. The zero-order valence-electron chi connectivity index (χ0n) is 14.1. The van der Waals surface area contributed by atoms with E-state index >= 15 is 0 Å². The molecule has 1 aliphatic carbocycles. The van der Waals surface area contributed by atoms with E-state index in [0.29, 0.717) is 10.5 Å². The molecule has 1 saturated heterocycles. The van der Waals surface area contributed by atoms with Crippen LogP contribution in [0, 0.1) is 0 Å². The van der Waals surface area contributed by atoms with Crippen LogP contribution in [0.2, 0.25) is 0 Å². The Bertz CT molecular complexity index is 761. The van der Waals surface area contributed by atoms with Gasteiger partial charge in [0, 0.05) is 12.0 Å². The molecule has 1 heterocycles. The number of carbonyl (C=O) groups is 2. The van der Waals surface area contributed by atoms with Crippen molar-refractivity contribution in [3.8, 4) is 5.75 Å².